The van der Waals surface area contributed by atoms with Crippen LogP contribution in [0.25, 0.3) is 0 Å². The molecule has 0 unspecified atom stereocenters. The molecule has 6 heteroatoms. The van der Waals surface area contributed by atoms with Crippen molar-refractivity contribution in [1.82, 2.24) is 9.88 Å². The summed E-state index contributed by atoms with van der Waals surface area (Å²) in [6.07, 6.45) is 2.02. The molecule has 0 bridgehead atoms. The van der Waals surface area contributed by atoms with Gasteiger partial charge in [-0.15, -0.1) is 0 Å². The lowest BCUT2D eigenvalue weighted by molar-refractivity contribution is -0.116. The molecule has 0 aromatic carbocycles. The van der Waals surface area contributed by atoms with Crippen molar-refractivity contribution >= 4 is 11.6 Å². The number of carbonyl (C=O) groups excluding carboxylic acids is 1. The van der Waals surface area contributed by atoms with E-state index in [4.69, 9.17) is 4.74 Å². The van der Waals surface area contributed by atoms with Crippen LogP contribution >= 0.6 is 0 Å². The van der Waals surface area contributed by atoms with Gasteiger partial charge in [0.05, 0.1) is 12.3 Å². The van der Waals surface area contributed by atoms with Crippen molar-refractivity contribution in [3.05, 3.63) is 28.7 Å². The van der Waals surface area contributed by atoms with Crippen LogP contribution in [0.15, 0.2) is 23.1 Å². The third kappa shape index (κ3) is 4.68. The van der Waals surface area contributed by atoms with E-state index in [2.05, 4.69) is 10.6 Å². The topological polar surface area (TPSA) is 72.4 Å². The van der Waals surface area contributed by atoms with Gasteiger partial charge in [0.1, 0.15) is 0 Å². The van der Waals surface area contributed by atoms with Crippen LogP contribution in [0.3, 0.4) is 0 Å². The lowest BCUT2D eigenvalue weighted by Gasteiger charge is -2.09. The number of pyridine rings is 1. The molecule has 1 rings (SSSR count). The number of ether oxygens (including phenoxy) is 1. The van der Waals surface area contributed by atoms with E-state index >= 15 is 0 Å². The van der Waals surface area contributed by atoms with Crippen LogP contribution in [0.2, 0.25) is 0 Å². The minimum atomic E-state index is -0.111. The number of nitrogens with one attached hydrogen (secondary N) is 2. The van der Waals surface area contributed by atoms with E-state index in [1.54, 1.807) is 26.4 Å². The SMILES string of the molecule is CNCCC(=O)Nc1ccc(=O)n(CCOC)c1. The average molecular weight is 253 g/mol. The van der Waals surface area contributed by atoms with Gasteiger partial charge in [-0.05, 0) is 13.1 Å². The van der Waals surface area contributed by atoms with E-state index in [0.29, 0.717) is 31.8 Å². The maximum Gasteiger partial charge on any atom is 0.250 e. The predicted octanol–water partition coefficient (Wildman–Crippen LogP) is 0.0427. The monoisotopic (exact) mass is 253 g/mol. The Balaban J connectivity index is 2.66. The number of carbonyl (C=O) groups is 1. The number of hydrogen-bond donors (Lipinski definition) is 2. The Bertz CT molecular complexity index is 442. The molecule has 6 nitrogen and oxygen atoms in total. The van der Waals surface area contributed by atoms with Crippen molar-refractivity contribution < 1.29 is 9.53 Å². The lowest BCUT2D eigenvalue weighted by Crippen LogP contribution is -2.23. The molecular formula is C12H19N3O3. The van der Waals surface area contributed by atoms with E-state index in [9.17, 15) is 9.59 Å². The van der Waals surface area contributed by atoms with Crippen molar-refractivity contribution in [3.63, 3.8) is 0 Å². The van der Waals surface area contributed by atoms with E-state index in [1.807, 2.05) is 0 Å². The fraction of sp³-hybridized carbons (Fsp3) is 0.500. The van der Waals surface area contributed by atoms with Gasteiger partial charge >= 0.3 is 0 Å². The minimum Gasteiger partial charge on any atom is -0.383 e. The van der Waals surface area contributed by atoms with Crippen molar-refractivity contribution in [2.45, 2.75) is 13.0 Å². The van der Waals surface area contributed by atoms with Gasteiger partial charge in [0.15, 0.2) is 0 Å². The predicted molar refractivity (Wildman–Crippen MR) is 69.8 cm³/mol. The average Bonchev–Trinajstić information content (AvgIpc) is 2.37. The summed E-state index contributed by atoms with van der Waals surface area (Å²) < 4.78 is 6.43. The zero-order chi connectivity index (χ0) is 13.4. The molecule has 1 amide bonds. The molecule has 18 heavy (non-hydrogen) atoms. The molecule has 0 spiro atoms. The summed E-state index contributed by atoms with van der Waals surface area (Å²) in [5.41, 5.74) is 0.507. The summed E-state index contributed by atoms with van der Waals surface area (Å²) in [4.78, 5) is 23.0. The van der Waals surface area contributed by atoms with E-state index in [1.165, 1.54) is 10.6 Å². The first-order valence-electron chi connectivity index (χ1n) is 5.81. The first-order chi connectivity index (χ1) is 8.67. The molecule has 0 aliphatic carbocycles. The summed E-state index contributed by atoms with van der Waals surface area (Å²) in [5.74, 6) is -0.0821. The van der Waals surface area contributed by atoms with Crippen LogP contribution in [-0.2, 0) is 16.1 Å². The first-order valence-corrected chi connectivity index (χ1v) is 5.81. The first kappa shape index (κ1) is 14.4. The van der Waals surface area contributed by atoms with Gasteiger partial charge in [0, 0.05) is 38.9 Å². The number of nitrogens with zero attached hydrogens (tertiary/aromatic N) is 1. The van der Waals surface area contributed by atoms with Gasteiger partial charge in [0.2, 0.25) is 5.91 Å². The Morgan fingerprint density at radius 1 is 1.44 bits per heavy atom. The largest absolute Gasteiger partial charge is 0.383 e. The summed E-state index contributed by atoms with van der Waals surface area (Å²) in [7, 11) is 3.37. The molecular weight excluding hydrogens is 234 g/mol. The Morgan fingerprint density at radius 3 is 2.89 bits per heavy atom. The van der Waals surface area contributed by atoms with Crippen LogP contribution in [0.4, 0.5) is 5.69 Å². The maximum absolute atomic E-state index is 11.5. The van der Waals surface area contributed by atoms with Crippen LogP contribution in [0, 0.1) is 0 Å². The number of methoxy groups -OCH3 is 1. The number of hydrogen-bond acceptors (Lipinski definition) is 4. The number of amides is 1. The van der Waals surface area contributed by atoms with E-state index in [0.717, 1.165) is 0 Å². The highest BCUT2D eigenvalue weighted by atomic mass is 16.5. The van der Waals surface area contributed by atoms with Crippen LogP contribution in [0.1, 0.15) is 6.42 Å². The van der Waals surface area contributed by atoms with Crippen molar-refractivity contribution in [2.75, 3.05) is 32.6 Å². The molecule has 1 heterocycles. The number of aromatic nitrogens is 1. The highest BCUT2D eigenvalue weighted by Gasteiger charge is 2.03. The number of anilines is 1. The molecule has 0 saturated carbocycles. The fourth-order valence-corrected chi connectivity index (χ4v) is 1.43. The third-order valence-electron chi connectivity index (χ3n) is 2.41. The molecule has 1 aromatic heterocycles. The Labute approximate surface area is 106 Å². The Kier molecular flexibility index (Phi) is 6.10. The van der Waals surface area contributed by atoms with Gasteiger partial charge in [0.25, 0.3) is 5.56 Å². The van der Waals surface area contributed by atoms with Gasteiger partial charge in [-0.1, -0.05) is 0 Å². The smallest absolute Gasteiger partial charge is 0.250 e. The summed E-state index contributed by atoms with van der Waals surface area (Å²) >= 11 is 0. The van der Waals surface area contributed by atoms with E-state index in [-0.39, 0.29) is 11.5 Å². The highest BCUT2D eigenvalue weighted by Crippen LogP contribution is 2.03. The molecule has 0 radical (unpaired) electrons. The molecule has 0 aliphatic rings. The molecule has 0 fully saturated rings. The molecule has 0 aliphatic heterocycles. The van der Waals surface area contributed by atoms with Crippen molar-refractivity contribution in [2.24, 2.45) is 0 Å². The Morgan fingerprint density at radius 2 is 2.22 bits per heavy atom. The molecule has 0 atom stereocenters. The highest BCUT2D eigenvalue weighted by molar-refractivity contribution is 5.90. The quantitative estimate of drug-likeness (QED) is 0.720. The van der Waals surface area contributed by atoms with Gasteiger partial charge in [-0.2, -0.15) is 0 Å². The molecule has 100 valence electrons. The second-order valence-electron chi connectivity index (χ2n) is 3.84. The standard InChI is InChI=1S/C12H19N3O3/c1-13-6-5-11(16)14-10-3-4-12(17)15(9-10)7-8-18-2/h3-4,9,13H,5-8H2,1-2H3,(H,14,16). The maximum atomic E-state index is 11.5. The van der Waals surface area contributed by atoms with Gasteiger partial charge in [-0.25, -0.2) is 0 Å². The Hall–Kier alpha value is -1.66. The van der Waals surface area contributed by atoms with Gasteiger partial charge in [-0.3, -0.25) is 9.59 Å². The van der Waals surface area contributed by atoms with E-state index < -0.39 is 0 Å². The van der Waals surface area contributed by atoms with Crippen LogP contribution < -0.4 is 16.2 Å². The third-order valence-corrected chi connectivity index (χ3v) is 2.41. The second-order valence-corrected chi connectivity index (χ2v) is 3.84. The summed E-state index contributed by atoms with van der Waals surface area (Å²) in [6, 6.07) is 3.03. The molecule has 2 N–H and O–H groups in total. The molecule has 0 saturated heterocycles. The normalized spacial score (nSPS) is 10.3. The second kappa shape index (κ2) is 7.62. The summed E-state index contributed by atoms with van der Waals surface area (Å²) in [5, 5.41) is 5.64. The zero-order valence-electron chi connectivity index (χ0n) is 10.7. The number of rotatable bonds is 7. The molecule has 1 aromatic rings. The van der Waals surface area contributed by atoms with Gasteiger partial charge < -0.3 is 19.9 Å². The lowest BCUT2D eigenvalue weighted by atomic mass is 10.3. The van der Waals surface area contributed by atoms with Crippen molar-refractivity contribution in [3.8, 4) is 0 Å². The summed E-state index contributed by atoms with van der Waals surface area (Å²) in [6.45, 7) is 1.54. The van der Waals surface area contributed by atoms with Crippen LogP contribution in [-0.4, -0.2) is 37.8 Å². The zero-order valence-corrected chi connectivity index (χ0v) is 10.7. The minimum absolute atomic E-state index is 0.0821. The van der Waals surface area contributed by atoms with Crippen molar-refractivity contribution in [1.29, 1.82) is 0 Å². The van der Waals surface area contributed by atoms with Crippen LogP contribution in [0.5, 0.6) is 0 Å². The fourth-order valence-electron chi connectivity index (χ4n) is 1.43.